The van der Waals surface area contributed by atoms with Crippen LogP contribution in [0.1, 0.15) is 26.7 Å². The van der Waals surface area contributed by atoms with Gasteiger partial charge in [0, 0.05) is 6.07 Å². The molecule has 1 unspecified atom stereocenters. The standard InChI is InChI=1S/C13H20O3/c1-3-6-11(14)10-16-13-8-5-7-12(9-13)15-4-2/h5,7-9,11,14H,3-4,6,10H2,1-2H3. The van der Waals surface area contributed by atoms with Gasteiger partial charge in [-0.3, -0.25) is 0 Å². The van der Waals surface area contributed by atoms with Crippen molar-refractivity contribution in [1.82, 2.24) is 0 Å². The van der Waals surface area contributed by atoms with Gasteiger partial charge in [0.1, 0.15) is 18.1 Å². The molecular weight excluding hydrogens is 204 g/mol. The van der Waals surface area contributed by atoms with Crippen molar-refractivity contribution in [3.05, 3.63) is 24.3 Å². The van der Waals surface area contributed by atoms with Crippen LogP contribution >= 0.6 is 0 Å². The van der Waals surface area contributed by atoms with E-state index >= 15 is 0 Å². The van der Waals surface area contributed by atoms with Gasteiger partial charge < -0.3 is 14.6 Å². The summed E-state index contributed by atoms with van der Waals surface area (Å²) in [4.78, 5) is 0. The molecule has 0 aromatic heterocycles. The summed E-state index contributed by atoms with van der Waals surface area (Å²) in [6, 6.07) is 7.47. The third-order valence-corrected chi connectivity index (χ3v) is 2.18. The summed E-state index contributed by atoms with van der Waals surface area (Å²) in [5, 5.41) is 9.53. The maximum absolute atomic E-state index is 9.53. The number of hydrogen-bond acceptors (Lipinski definition) is 3. The lowest BCUT2D eigenvalue weighted by Crippen LogP contribution is -2.16. The highest BCUT2D eigenvalue weighted by atomic mass is 16.5. The van der Waals surface area contributed by atoms with E-state index in [0.29, 0.717) is 13.2 Å². The Morgan fingerprint density at radius 2 is 1.88 bits per heavy atom. The number of aliphatic hydroxyl groups is 1. The molecule has 1 N–H and O–H groups in total. The van der Waals surface area contributed by atoms with Crippen molar-refractivity contribution in [2.75, 3.05) is 13.2 Å². The first-order valence-electron chi connectivity index (χ1n) is 5.80. The second-order valence-corrected chi connectivity index (χ2v) is 3.66. The minimum Gasteiger partial charge on any atom is -0.494 e. The van der Waals surface area contributed by atoms with Crippen molar-refractivity contribution in [2.45, 2.75) is 32.8 Å². The molecule has 0 fully saturated rings. The highest BCUT2D eigenvalue weighted by molar-refractivity contribution is 5.32. The molecule has 0 saturated carbocycles. The highest BCUT2D eigenvalue weighted by Crippen LogP contribution is 2.19. The SMILES string of the molecule is CCCC(O)COc1cccc(OCC)c1. The van der Waals surface area contributed by atoms with Crippen LogP contribution in [0.15, 0.2) is 24.3 Å². The number of benzene rings is 1. The molecule has 0 aliphatic rings. The van der Waals surface area contributed by atoms with Gasteiger partial charge in [-0.2, -0.15) is 0 Å². The van der Waals surface area contributed by atoms with Gasteiger partial charge in [0.2, 0.25) is 0 Å². The van der Waals surface area contributed by atoms with Crippen molar-refractivity contribution in [3.8, 4) is 11.5 Å². The van der Waals surface area contributed by atoms with Crippen LogP contribution < -0.4 is 9.47 Å². The molecular formula is C13H20O3. The smallest absolute Gasteiger partial charge is 0.123 e. The second kappa shape index (κ2) is 7.12. The average Bonchev–Trinajstić information content (AvgIpc) is 2.28. The molecule has 0 heterocycles. The summed E-state index contributed by atoms with van der Waals surface area (Å²) in [6.07, 6.45) is 1.34. The van der Waals surface area contributed by atoms with Gasteiger partial charge in [-0.15, -0.1) is 0 Å². The Labute approximate surface area is 97.0 Å². The molecule has 0 aliphatic heterocycles. The van der Waals surface area contributed by atoms with Crippen molar-refractivity contribution in [3.63, 3.8) is 0 Å². The van der Waals surface area contributed by atoms with Crippen LogP contribution in [-0.2, 0) is 0 Å². The van der Waals surface area contributed by atoms with E-state index in [-0.39, 0.29) is 6.10 Å². The molecule has 1 aromatic rings. The molecule has 90 valence electrons. The third-order valence-electron chi connectivity index (χ3n) is 2.18. The normalized spacial score (nSPS) is 12.2. The Hall–Kier alpha value is -1.22. The van der Waals surface area contributed by atoms with Gasteiger partial charge in [0.05, 0.1) is 12.7 Å². The van der Waals surface area contributed by atoms with Crippen LogP contribution in [0.5, 0.6) is 11.5 Å². The fraction of sp³-hybridized carbons (Fsp3) is 0.538. The highest BCUT2D eigenvalue weighted by Gasteiger charge is 2.04. The predicted molar refractivity (Wildman–Crippen MR) is 64.0 cm³/mol. The summed E-state index contributed by atoms with van der Waals surface area (Å²) in [6.45, 7) is 4.96. The van der Waals surface area contributed by atoms with Crippen LogP contribution in [0.2, 0.25) is 0 Å². The molecule has 16 heavy (non-hydrogen) atoms. The minimum absolute atomic E-state index is 0.337. The quantitative estimate of drug-likeness (QED) is 0.773. The summed E-state index contributed by atoms with van der Waals surface area (Å²) in [5.41, 5.74) is 0. The Morgan fingerprint density at radius 3 is 2.50 bits per heavy atom. The Kier molecular flexibility index (Phi) is 5.72. The van der Waals surface area contributed by atoms with Crippen LogP contribution in [0, 0.1) is 0 Å². The van der Waals surface area contributed by atoms with Gasteiger partial charge in [-0.1, -0.05) is 19.4 Å². The topological polar surface area (TPSA) is 38.7 Å². The zero-order valence-electron chi connectivity index (χ0n) is 9.98. The third kappa shape index (κ3) is 4.53. The maximum Gasteiger partial charge on any atom is 0.123 e. The molecule has 0 amide bonds. The van der Waals surface area contributed by atoms with Crippen LogP contribution in [0.25, 0.3) is 0 Å². The van der Waals surface area contributed by atoms with E-state index in [2.05, 4.69) is 0 Å². The predicted octanol–water partition coefficient (Wildman–Crippen LogP) is 2.63. The van der Waals surface area contributed by atoms with Crippen molar-refractivity contribution < 1.29 is 14.6 Å². The van der Waals surface area contributed by atoms with Crippen molar-refractivity contribution >= 4 is 0 Å². The van der Waals surface area contributed by atoms with Gasteiger partial charge in [0.25, 0.3) is 0 Å². The van der Waals surface area contributed by atoms with E-state index in [1.54, 1.807) is 0 Å². The van der Waals surface area contributed by atoms with Gasteiger partial charge in [-0.05, 0) is 25.5 Å². The molecule has 0 saturated heterocycles. The summed E-state index contributed by atoms with van der Waals surface area (Å²) in [7, 11) is 0. The Morgan fingerprint density at radius 1 is 1.19 bits per heavy atom. The van der Waals surface area contributed by atoms with Crippen molar-refractivity contribution in [2.24, 2.45) is 0 Å². The summed E-state index contributed by atoms with van der Waals surface area (Å²) in [5.74, 6) is 1.53. The zero-order valence-corrected chi connectivity index (χ0v) is 9.98. The molecule has 1 rings (SSSR count). The van der Waals surface area contributed by atoms with E-state index in [4.69, 9.17) is 9.47 Å². The Bertz CT molecular complexity index is 299. The van der Waals surface area contributed by atoms with E-state index in [9.17, 15) is 5.11 Å². The van der Waals surface area contributed by atoms with Gasteiger partial charge >= 0.3 is 0 Å². The lowest BCUT2D eigenvalue weighted by molar-refractivity contribution is 0.0992. The first-order chi connectivity index (χ1) is 7.76. The van der Waals surface area contributed by atoms with Gasteiger partial charge in [0.15, 0.2) is 0 Å². The molecule has 1 atom stereocenters. The van der Waals surface area contributed by atoms with Crippen LogP contribution in [0.4, 0.5) is 0 Å². The number of ether oxygens (including phenoxy) is 2. The average molecular weight is 224 g/mol. The van der Waals surface area contributed by atoms with E-state index in [0.717, 1.165) is 24.3 Å². The first kappa shape index (κ1) is 12.8. The molecule has 3 nitrogen and oxygen atoms in total. The van der Waals surface area contributed by atoms with Gasteiger partial charge in [-0.25, -0.2) is 0 Å². The molecule has 3 heteroatoms. The first-order valence-corrected chi connectivity index (χ1v) is 5.80. The molecule has 0 spiro atoms. The monoisotopic (exact) mass is 224 g/mol. The number of rotatable bonds is 7. The van der Waals surface area contributed by atoms with Crippen LogP contribution in [-0.4, -0.2) is 24.4 Å². The number of hydrogen-bond donors (Lipinski definition) is 1. The molecule has 0 bridgehead atoms. The van der Waals surface area contributed by atoms with E-state index in [1.165, 1.54) is 0 Å². The molecule has 0 aliphatic carbocycles. The zero-order chi connectivity index (χ0) is 11.8. The fourth-order valence-corrected chi connectivity index (χ4v) is 1.43. The second-order valence-electron chi connectivity index (χ2n) is 3.66. The molecule has 0 radical (unpaired) electrons. The lowest BCUT2D eigenvalue weighted by atomic mass is 10.2. The lowest BCUT2D eigenvalue weighted by Gasteiger charge is -2.12. The van der Waals surface area contributed by atoms with Crippen molar-refractivity contribution in [1.29, 1.82) is 0 Å². The summed E-state index contributed by atoms with van der Waals surface area (Å²) < 4.78 is 10.8. The van der Waals surface area contributed by atoms with E-state index < -0.39 is 0 Å². The molecule has 1 aromatic carbocycles. The fourth-order valence-electron chi connectivity index (χ4n) is 1.43. The summed E-state index contributed by atoms with van der Waals surface area (Å²) >= 11 is 0. The van der Waals surface area contributed by atoms with Crippen LogP contribution in [0.3, 0.4) is 0 Å². The largest absolute Gasteiger partial charge is 0.494 e. The maximum atomic E-state index is 9.53. The van der Waals surface area contributed by atoms with E-state index in [1.807, 2.05) is 38.1 Å². The number of aliphatic hydroxyl groups excluding tert-OH is 1. The Balaban J connectivity index is 2.44. The minimum atomic E-state index is -0.388.